The van der Waals surface area contributed by atoms with Crippen LogP contribution < -0.4 is 5.32 Å². The lowest BCUT2D eigenvalue weighted by atomic mass is 10.00. The molecular weight excluding hydrogens is 478 g/mol. The minimum Gasteiger partial charge on any atom is -0.345 e. The van der Waals surface area contributed by atoms with Crippen molar-refractivity contribution in [1.82, 2.24) is 10.2 Å². The van der Waals surface area contributed by atoms with Gasteiger partial charge in [-0.15, -0.1) is 0 Å². The minimum absolute atomic E-state index is 0.0832. The average molecular weight is 506 g/mol. The lowest BCUT2D eigenvalue weighted by molar-refractivity contribution is -0.130. The van der Waals surface area contributed by atoms with Gasteiger partial charge < -0.3 is 5.32 Å². The zero-order valence-corrected chi connectivity index (χ0v) is 21.4. The van der Waals surface area contributed by atoms with Crippen LogP contribution in [0.1, 0.15) is 47.8 Å². The number of hydrogen-bond donors (Lipinski definition) is 1. The van der Waals surface area contributed by atoms with Gasteiger partial charge in [-0.05, 0) is 37.1 Å². The molecule has 0 radical (unpaired) electrons. The normalized spacial score (nSPS) is 16.8. The lowest BCUT2D eigenvalue weighted by Gasteiger charge is -2.32. The molecule has 1 fully saturated rings. The Kier molecular flexibility index (Phi) is 7.93. The highest BCUT2D eigenvalue weighted by molar-refractivity contribution is 8.14. The molecule has 7 heteroatoms. The third-order valence-corrected chi connectivity index (χ3v) is 7.59. The van der Waals surface area contributed by atoms with Crippen molar-refractivity contribution in [3.63, 3.8) is 0 Å². The van der Waals surface area contributed by atoms with Gasteiger partial charge in [-0.1, -0.05) is 96.2 Å². The molecule has 1 unspecified atom stereocenters. The smallest absolute Gasteiger partial charge is 0.253 e. The Morgan fingerprint density at radius 1 is 1.00 bits per heavy atom. The van der Waals surface area contributed by atoms with E-state index in [1.54, 1.807) is 40.9 Å². The maximum absolute atomic E-state index is 13.7. The third kappa shape index (κ3) is 6.13. The standard InChI is InChI=1S/C28H28ClN3O2S/c1-28(2)19-35-27(30-18-20-11-5-3-6-12-20)32(28)25(33)17-24(21-13-7-4-8-14-21)31-26(34)22-15-9-10-16-23(22)29/h3-16,24H,17-19H2,1-2H3,(H,31,34). The van der Waals surface area contributed by atoms with Crippen LogP contribution in [0.25, 0.3) is 0 Å². The first-order chi connectivity index (χ1) is 16.8. The van der Waals surface area contributed by atoms with Gasteiger partial charge in [0.1, 0.15) is 0 Å². The number of nitrogens with zero attached hydrogens (tertiary/aromatic N) is 2. The van der Waals surface area contributed by atoms with Crippen molar-refractivity contribution in [2.45, 2.75) is 38.4 Å². The van der Waals surface area contributed by atoms with Gasteiger partial charge in [0.25, 0.3) is 5.91 Å². The minimum atomic E-state index is -0.510. The van der Waals surface area contributed by atoms with Crippen LogP contribution >= 0.6 is 23.4 Å². The second-order valence-corrected chi connectivity index (χ2v) is 10.4. The van der Waals surface area contributed by atoms with Crippen molar-refractivity contribution in [3.8, 4) is 0 Å². The predicted molar refractivity (Wildman–Crippen MR) is 144 cm³/mol. The zero-order chi connectivity index (χ0) is 24.8. The van der Waals surface area contributed by atoms with E-state index in [1.165, 1.54) is 0 Å². The van der Waals surface area contributed by atoms with E-state index in [9.17, 15) is 9.59 Å². The van der Waals surface area contributed by atoms with Crippen molar-refractivity contribution in [3.05, 3.63) is 107 Å². The summed E-state index contributed by atoms with van der Waals surface area (Å²) in [5.74, 6) is 0.361. The number of thioether (sulfide) groups is 1. The second-order valence-electron chi connectivity index (χ2n) is 9.04. The first kappa shape index (κ1) is 25.0. The van der Waals surface area contributed by atoms with Crippen LogP contribution in [0.15, 0.2) is 89.9 Å². The molecule has 35 heavy (non-hydrogen) atoms. The van der Waals surface area contributed by atoms with Gasteiger partial charge in [0.2, 0.25) is 5.91 Å². The van der Waals surface area contributed by atoms with E-state index in [-0.39, 0.29) is 23.8 Å². The molecule has 1 heterocycles. The molecule has 1 N–H and O–H groups in total. The molecule has 1 saturated heterocycles. The zero-order valence-electron chi connectivity index (χ0n) is 19.8. The fraction of sp³-hybridized carbons (Fsp3) is 0.250. The maximum atomic E-state index is 13.7. The first-order valence-corrected chi connectivity index (χ1v) is 12.9. The number of halogens is 1. The fourth-order valence-corrected chi connectivity index (χ4v) is 5.48. The molecule has 180 valence electrons. The molecule has 0 saturated carbocycles. The van der Waals surface area contributed by atoms with Crippen molar-refractivity contribution >= 4 is 40.3 Å². The quantitative estimate of drug-likeness (QED) is 0.421. The van der Waals surface area contributed by atoms with Gasteiger partial charge in [-0.25, -0.2) is 0 Å². The predicted octanol–water partition coefficient (Wildman–Crippen LogP) is 6.11. The van der Waals surface area contributed by atoms with Gasteiger partial charge in [0, 0.05) is 5.75 Å². The van der Waals surface area contributed by atoms with Gasteiger partial charge >= 0.3 is 0 Å². The molecule has 5 nitrogen and oxygen atoms in total. The molecule has 0 aromatic heterocycles. The van der Waals surface area contributed by atoms with Crippen molar-refractivity contribution in [1.29, 1.82) is 0 Å². The van der Waals surface area contributed by atoms with Crippen molar-refractivity contribution < 1.29 is 9.59 Å². The number of aliphatic imine (C=N–C) groups is 1. The molecule has 2 amide bonds. The summed E-state index contributed by atoms with van der Waals surface area (Å²) in [6.07, 6.45) is 0.106. The van der Waals surface area contributed by atoms with E-state index < -0.39 is 6.04 Å². The molecule has 1 atom stereocenters. The Morgan fingerprint density at radius 3 is 2.31 bits per heavy atom. The highest BCUT2D eigenvalue weighted by atomic mass is 35.5. The molecule has 3 aromatic rings. The van der Waals surface area contributed by atoms with Gasteiger partial charge in [0.15, 0.2) is 5.17 Å². The second kappa shape index (κ2) is 11.1. The summed E-state index contributed by atoms with van der Waals surface area (Å²) < 4.78 is 0. The van der Waals surface area contributed by atoms with Gasteiger partial charge in [0.05, 0.1) is 35.1 Å². The number of carbonyl (C=O) groups excluding carboxylic acids is 2. The maximum Gasteiger partial charge on any atom is 0.253 e. The number of carbonyl (C=O) groups is 2. The Hall–Kier alpha value is -3.09. The summed E-state index contributed by atoms with van der Waals surface area (Å²) in [5, 5.41) is 4.11. The van der Waals surface area contributed by atoms with Crippen LogP contribution in [0.3, 0.4) is 0 Å². The summed E-state index contributed by atoms with van der Waals surface area (Å²) in [4.78, 5) is 33.3. The Bertz CT molecular complexity index is 1220. The van der Waals surface area contributed by atoms with Crippen molar-refractivity contribution in [2.75, 3.05) is 5.75 Å². The number of amidine groups is 1. The third-order valence-electron chi connectivity index (χ3n) is 5.84. The molecule has 0 aliphatic carbocycles. The summed E-state index contributed by atoms with van der Waals surface area (Å²) in [5.41, 5.74) is 1.94. The van der Waals surface area contributed by atoms with Gasteiger partial charge in [-0.2, -0.15) is 0 Å². The van der Waals surface area contributed by atoms with Crippen LogP contribution in [0.2, 0.25) is 5.02 Å². The van der Waals surface area contributed by atoms with E-state index >= 15 is 0 Å². The van der Waals surface area contributed by atoms with Crippen LogP contribution in [0.4, 0.5) is 0 Å². The molecule has 1 aliphatic rings. The highest BCUT2D eigenvalue weighted by Gasteiger charge is 2.41. The first-order valence-electron chi connectivity index (χ1n) is 11.5. The molecule has 3 aromatic carbocycles. The Morgan fingerprint density at radius 2 is 1.63 bits per heavy atom. The van der Waals surface area contributed by atoms with E-state index in [2.05, 4.69) is 5.32 Å². The van der Waals surface area contributed by atoms with Crippen LogP contribution in [-0.2, 0) is 11.3 Å². The highest BCUT2D eigenvalue weighted by Crippen LogP contribution is 2.35. The molecule has 1 aliphatic heterocycles. The molecular formula is C28H28ClN3O2S. The number of benzene rings is 3. The monoisotopic (exact) mass is 505 g/mol. The number of hydrogen-bond acceptors (Lipinski definition) is 4. The average Bonchev–Trinajstić information content (AvgIpc) is 3.17. The number of nitrogens with one attached hydrogen (secondary N) is 1. The summed E-state index contributed by atoms with van der Waals surface area (Å²) in [6.45, 7) is 4.60. The SMILES string of the molecule is CC1(C)CSC(=NCc2ccccc2)N1C(=O)CC(NC(=O)c1ccccc1Cl)c1ccccc1. The summed E-state index contributed by atoms with van der Waals surface area (Å²) in [6, 6.07) is 25.9. The number of amides is 2. The van der Waals surface area contributed by atoms with E-state index in [1.807, 2.05) is 74.5 Å². The van der Waals surface area contributed by atoms with Crippen LogP contribution in [-0.4, -0.2) is 33.2 Å². The van der Waals surface area contributed by atoms with Crippen molar-refractivity contribution in [2.24, 2.45) is 4.99 Å². The van der Waals surface area contributed by atoms with E-state index in [0.717, 1.165) is 16.9 Å². The largest absolute Gasteiger partial charge is 0.345 e. The molecule has 4 rings (SSSR count). The lowest BCUT2D eigenvalue weighted by Crippen LogP contribution is -2.47. The van der Waals surface area contributed by atoms with Crippen LogP contribution in [0.5, 0.6) is 0 Å². The molecule has 0 bridgehead atoms. The summed E-state index contributed by atoms with van der Waals surface area (Å²) >= 11 is 7.84. The number of rotatable bonds is 7. The Labute approximate surface area is 215 Å². The Balaban J connectivity index is 1.57. The summed E-state index contributed by atoms with van der Waals surface area (Å²) in [7, 11) is 0. The van der Waals surface area contributed by atoms with E-state index in [4.69, 9.17) is 16.6 Å². The fourth-order valence-electron chi connectivity index (χ4n) is 4.02. The van der Waals surface area contributed by atoms with Crippen LogP contribution in [0, 0.1) is 0 Å². The van der Waals surface area contributed by atoms with Gasteiger partial charge in [-0.3, -0.25) is 19.5 Å². The topological polar surface area (TPSA) is 61.8 Å². The molecule has 0 spiro atoms. The van der Waals surface area contributed by atoms with E-state index in [0.29, 0.717) is 22.3 Å².